The Kier molecular flexibility index (Phi) is 6.12. The van der Waals surface area contributed by atoms with Crippen molar-refractivity contribution in [3.8, 4) is 33.4 Å². The normalized spacial score (nSPS) is 16.0. The van der Waals surface area contributed by atoms with Crippen LogP contribution in [0.15, 0.2) is 127 Å². The van der Waals surface area contributed by atoms with Gasteiger partial charge in [0.05, 0.1) is 11.2 Å². The lowest BCUT2D eigenvalue weighted by Gasteiger charge is -2.32. The van der Waals surface area contributed by atoms with Gasteiger partial charge in [0.25, 0.3) is 0 Å². The molecule has 0 unspecified atom stereocenters. The number of benzene rings is 6. The van der Waals surface area contributed by atoms with E-state index in [1.807, 2.05) is 0 Å². The first-order valence-corrected chi connectivity index (χ1v) is 14.4. The molecule has 0 atom stereocenters. The minimum atomic E-state index is -0.456. The van der Waals surface area contributed by atoms with Crippen molar-refractivity contribution in [1.82, 2.24) is 0 Å². The number of fused-ring (bicyclic) bond motifs is 3. The lowest BCUT2D eigenvalue weighted by Crippen LogP contribution is -2.41. The van der Waals surface area contributed by atoms with Crippen molar-refractivity contribution in [2.75, 3.05) is 0 Å². The molecule has 1 saturated heterocycles. The van der Waals surface area contributed by atoms with Crippen LogP contribution in [0.25, 0.3) is 54.9 Å². The van der Waals surface area contributed by atoms with Crippen molar-refractivity contribution in [1.29, 1.82) is 0 Å². The fraction of sp³-hybridized carbons (Fsp3) is 0.158. The van der Waals surface area contributed by atoms with Crippen LogP contribution < -0.4 is 5.46 Å². The molecule has 1 fully saturated rings. The van der Waals surface area contributed by atoms with Gasteiger partial charge in [0.2, 0.25) is 0 Å². The fourth-order valence-corrected chi connectivity index (χ4v) is 5.89. The van der Waals surface area contributed by atoms with E-state index in [1.54, 1.807) is 0 Å². The van der Waals surface area contributed by atoms with Gasteiger partial charge in [0.1, 0.15) is 0 Å². The maximum Gasteiger partial charge on any atom is 0.494 e. The van der Waals surface area contributed by atoms with E-state index in [2.05, 4.69) is 155 Å². The van der Waals surface area contributed by atoms with Crippen molar-refractivity contribution >= 4 is 34.1 Å². The molecule has 0 bridgehead atoms. The Bertz CT molecular complexity index is 1890. The summed E-state index contributed by atoms with van der Waals surface area (Å²) >= 11 is 0. The van der Waals surface area contributed by atoms with E-state index in [9.17, 15) is 0 Å². The highest BCUT2D eigenvalue weighted by atomic mass is 16.7. The van der Waals surface area contributed by atoms with Crippen molar-refractivity contribution in [3.05, 3.63) is 127 Å². The molecule has 0 saturated carbocycles. The quantitative estimate of drug-likeness (QED) is 0.166. The summed E-state index contributed by atoms with van der Waals surface area (Å²) < 4.78 is 13.1. The molecule has 0 spiro atoms. The zero-order valence-electron chi connectivity index (χ0n) is 24.0. The Labute approximate surface area is 242 Å². The molecule has 200 valence electrons. The summed E-state index contributed by atoms with van der Waals surface area (Å²) in [5, 5.41) is 5.00. The molecule has 0 N–H and O–H groups in total. The molecule has 41 heavy (non-hydrogen) atoms. The topological polar surface area (TPSA) is 18.5 Å². The van der Waals surface area contributed by atoms with Crippen LogP contribution in [-0.2, 0) is 9.31 Å². The number of hydrogen-bond acceptors (Lipinski definition) is 2. The first-order valence-electron chi connectivity index (χ1n) is 14.4. The summed E-state index contributed by atoms with van der Waals surface area (Å²) in [5.74, 6) is 0. The van der Waals surface area contributed by atoms with E-state index in [4.69, 9.17) is 9.31 Å². The summed E-state index contributed by atoms with van der Waals surface area (Å²) in [6.07, 6.45) is 0. The highest BCUT2D eigenvalue weighted by Gasteiger charge is 2.51. The van der Waals surface area contributed by atoms with Gasteiger partial charge >= 0.3 is 7.12 Å². The van der Waals surface area contributed by atoms with Gasteiger partial charge in [-0.2, -0.15) is 0 Å². The fourth-order valence-electron chi connectivity index (χ4n) is 5.89. The SMILES string of the molecule is CC1(C)OB(c2cc(-c3cccc(-c4ccccc4)c3)cc(-c3cc4ccccc4c4ccccc34)c2)OC1(C)C. The summed E-state index contributed by atoms with van der Waals surface area (Å²) in [6, 6.07) is 45.8. The van der Waals surface area contributed by atoms with Crippen LogP contribution in [0.1, 0.15) is 27.7 Å². The standard InChI is InChI=1S/C38H33BO2/c1-37(2)38(3,4)41-39(40-37)32-23-30(28-17-12-16-27(21-28)26-13-6-5-7-14-26)22-31(24-32)36-25-29-15-8-9-18-33(29)34-19-10-11-20-35(34)36/h5-25H,1-4H3. The summed E-state index contributed by atoms with van der Waals surface area (Å²) in [5.41, 5.74) is 7.25. The van der Waals surface area contributed by atoms with Gasteiger partial charge in [0, 0.05) is 0 Å². The smallest absolute Gasteiger partial charge is 0.399 e. The third kappa shape index (κ3) is 4.56. The Morgan fingerprint density at radius 2 is 0.976 bits per heavy atom. The van der Waals surface area contributed by atoms with Crippen LogP contribution in [-0.4, -0.2) is 18.3 Å². The van der Waals surface area contributed by atoms with Gasteiger partial charge in [-0.05, 0) is 106 Å². The third-order valence-corrected chi connectivity index (χ3v) is 8.86. The second-order valence-corrected chi connectivity index (χ2v) is 12.1. The maximum atomic E-state index is 6.56. The summed E-state index contributed by atoms with van der Waals surface area (Å²) in [4.78, 5) is 0. The molecular weight excluding hydrogens is 499 g/mol. The van der Waals surface area contributed by atoms with Crippen LogP contribution in [0.5, 0.6) is 0 Å². The van der Waals surface area contributed by atoms with Crippen LogP contribution in [0.2, 0.25) is 0 Å². The molecular formula is C38H33BO2. The van der Waals surface area contributed by atoms with E-state index >= 15 is 0 Å². The van der Waals surface area contributed by atoms with E-state index in [0.717, 1.165) is 22.2 Å². The lowest BCUT2D eigenvalue weighted by molar-refractivity contribution is 0.00578. The van der Waals surface area contributed by atoms with Crippen molar-refractivity contribution in [2.24, 2.45) is 0 Å². The highest BCUT2D eigenvalue weighted by Crippen LogP contribution is 2.39. The zero-order chi connectivity index (χ0) is 28.2. The zero-order valence-corrected chi connectivity index (χ0v) is 24.0. The van der Waals surface area contributed by atoms with Gasteiger partial charge in [0.15, 0.2) is 0 Å². The second-order valence-electron chi connectivity index (χ2n) is 12.1. The predicted octanol–water partition coefficient (Wildman–Crippen LogP) is 9.29. The molecule has 6 aromatic rings. The molecule has 7 rings (SSSR count). The summed E-state index contributed by atoms with van der Waals surface area (Å²) in [7, 11) is -0.456. The highest BCUT2D eigenvalue weighted by molar-refractivity contribution is 6.62. The number of rotatable bonds is 4. The first-order chi connectivity index (χ1) is 19.8. The van der Waals surface area contributed by atoms with E-state index in [1.165, 1.54) is 38.2 Å². The van der Waals surface area contributed by atoms with E-state index in [0.29, 0.717) is 0 Å². The molecule has 0 aliphatic carbocycles. The van der Waals surface area contributed by atoms with Gasteiger partial charge in [-0.15, -0.1) is 0 Å². The van der Waals surface area contributed by atoms with Gasteiger partial charge in [-0.3, -0.25) is 0 Å². The Morgan fingerprint density at radius 3 is 1.71 bits per heavy atom. The lowest BCUT2D eigenvalue weighted by atomic mass is 9.76. The van der Waals surface area contributed by atoms with Crippen LogP contribution in [0.4, 0.5) is 0 Å². The molecule has 1 aliphatic rings. The minimum Gasteiger partial charge on any atom is -0.399 e. The van der Waals surface area contributed by atoms with Crippen molar-refractivity contribution < 1.29 is 9.31 Å². The maximum absolute atomic E-state index is 6.56. The molecule has 2 nitrogen and oxygen atoms in total. The first kappa shape index (κ1) is 25.8. The Morgan fingerprint density at radius 1 is 0.439 bits per heavy atom. The molecule has 1 heterocycles. The Balaban J connectivity index is 1.45. The molecule has 0 radical (unpaired) electrons. The van der Waals surface area contributed by atoms with Crippen LogP contribution >= 0.6 is 0 Å². The van der Waals surface area contributed by atoms with E-state index in [-0.39, 0.29) is 0 Å². The van der Waals surface area contributed by atoms with Crippen LogP contribution in [0, 0.1) is 0 Å². The molecule has 3 heteroatoms. The monoisotopic (exact) mass is 532 g/mol. The third-order valence-electron chi connectivity index (χ3n) is 8.86. The largest absolute Gasteiger partial charge is 0.494 e. The van der Waals surface area contributed by atoms with E-state index < -0.39 is 18.3 Å². The average Bonchev–Trinajstić information content (AvgIpc) is 3.23. The molecule has 1 aliphatic heterocycles. The van der Waals surface area contributed by atoms with Crippen LogP contribution in [0.3, 0.4) is 0 Å². The predicted molar refractivity (Wildman–Crippen MR) is 173 cm³/mol. The second kappa shape index (κ2) is 9.73. The Hall–Kier alpha value is -4.18. The van der Waals surface area contributed by atoms with Gasteiger partial charge < -0.3 is 9.31 Å². The minimum absolute atomic E-state index is 0.420. The number of hydrogen-bond donors (Lipinski definition) is 0. The molecule has 0 aromatic heterocycles. The summed E-state index contributed by atoms with van der Waals surface area (Å²) in [6.45, 7) is 8.44. The van der Waals surface area contributed by atoms with Crippen molar-refractivity contribution in [3.63, 3.8) is 0 Å². The van der Waals surface area contributed by atoms with Gasteiger partial charge in [-0.25, -0.2) is 0 Å². The molecule has 6 aromatic carbocycles. The average molecular weight is 532 g/mol. The molecule has 0 amide bonds. The van der Waals surface area contributed by atoms with Crippen molar-refractivity contribution in [2.45, 2.75) is 38.9 Å². The van der Waals surface area contributed by atoms with Gasteiger partial charge in [-0.1, -0.05) is 109 Å².